The van der Waals surface area contributed by atoms with Crippen LogP contribution in [-0.4, -0.2) is 30.3 Å². The fourth-order valence-corrected chi connectivity index (χ4v) is 5.14. The van der Waals surface area contributed by atoms with E-state index in [2.05, 4.69) is 4.98 Å². The molecule has 166 valence electrons. The Labute approximate surface area is 184 Å². The zero-order valence-corrected chi connectivity index (χ0v) is 17.9. The van der Waals surface area contributed by atoms with Crippen LogP contribution in [0, 0.1) is 12.7 Å². The van der Waals surface area contributed by atoms with Gasteiger partial charge in [-0.1, -0.05) is 6.07 Å². The Kier molecular flexibility index (Phi) is 5.81. The van der Waals surface area contributed by atoms with E-state index in [1.807, 2.05) is 0 Å². The van der Waals surface area contributed by atoms with Crippen LogP contribution in [0.3, 0.4) is 0 Å². The Hall–Kier alpha value is -3.50. The van der Waals surface area contributed by atoms with E-state index in [-0.39, 0.29) is 23.4 Å². The summed E-state index contributed by atoms with van der Waals surface area (Å²) >= 11 is 0. The predicted molar refractivity (Wildman–Crippen MR) is 113 cm³/mol. The van der Waals surface area contributed by atoms with Gasteiger partial charge in [-0.3, -0.25) is 4.98 Å². The molecule has 10 heteroatoms. The number of nitrogens with two attached hydrogens (primary N) is 1. The van der Waals surface area contributed by atoms with Gasteiger partial charge in [-0.25, -0.2) is 17.6 Å². The number of carbonyl (C=O) groups is 1. The van der Waals surface area contributed by atoms with Gasteiger partial charge in [-0.2, -0.15) is 4.31 Å². The van der Waals surface area contributed by atoms with Gasteiger partial charge in [-0.15, -0.1) is 0 Å². The summed E-state index contributed by atoms with van der Waals surface area (Å²) in [7, 11) is -4.15. The molecule has 0 spiro atoms. The van der Waals surface area contributed by atoms with Crippen molar-refractivity contribution in [1.29, 1.82) is 0 Å². The Morgan fingerprint density at radius 1 is 1.09 bits per heavy atom. The lowest BCUT2D eigenvalue weighted by atomic mass is 9.94. The van der Waals surface area contributed by atoms with Crippen molar-refractivity contribution in [3.8, 4) is 11.5 Å². The molecule has 2 N–H and O–H groups in total. The number of halogens is 1. The summed E-state index contributed by atoms with van der Waals surface area (Å²) < 4.78 is 53.1. The van der Waals surface area contributed by atoms with E-state index in [4.69, 9.17) is 15.2 Å². The van der Waals surface area contributed by atoms with Crippen LogP contribution in [0.2, 0.25) is 0 Å². The van der Waals surface area contributed by atoms with E-state index >= 15 is 0 Å². The fourth-order valence-electron chi connectivity index (χ4n) is 3.66. The number of benzene rings is 2. The van der Waals surface area contributed by atoms with Crippen LogP contribution in [0.15, 0.2) is 65.8 Å². The van der Waals surface area contributed by atoms with E-state index in [1.165, 1.54) is 30.3 Å². The molecule has 4 rings (SSSR count). The van der Waals surface area contributed by atoms with Crippen molar-refractivity contribution in [1.82, 2.24) is 9.29 Å². The first-order valence-electron chi connectivity index (χ1n) is 9.71. The molecule has 1 aliphatic heterocycles. The highest BCUT2D eigenvalue weighted by molar-refractivity contribution is 7.89. The Morgan fingerprint density at radius 3 is 2.41 bits per heavy atom. The van der Waals surface area contributed by atoms with Crippen LogP contribution in [0.1, 0.15) is 22.9 Å². The van der Waals surface area contributed by atoms with E-state index in [1.54, 1.807) is 37.5 Å². The number of aromatic nitrogens is 1. The number of nitrogens with zero attached hydrogens (tertiary/aromatic N) is 2. The Bertz CT molecular complexity index is 1250. The second kappa shape index (κ2) is 8.56. The number of carbonyl (C=O) groups excluding carboxylic acids is 1. The second-order valence-electron chi connectivity index (χ2n) is 7.17. The van der Waals surface area contributed by atoms with Crippen LogP contribution in [-0.2, 0) is 21.2 Å². The molecule has 32 heavy (non-hydrogen) atoms. The minimum atomic E-state index is -4.15. The van der Waals surface area contributed by atoms with E-state index in [0.29, 0.717) is 17.1 Å². The zero-order chi connectivity index (χ0) is 22.9. The predicted octanol–water partition coefficient (Wildman–Crippen LogP) is 3.66. The van der Waals surface area contributed by atoms with Gasteiger partial charge in [-0.05, 0) is 66.9 Å². The molecule has 1 atom stereocenters. The standard InChI is InChI=1S/C22H20FN3O5S/c1-14-2-7-19(23)20-18(14)10-13-26(21(20)31-22(24)27)32(28,29)17-5-3-15(4-6-17)30-16-8-11-25-12-9-16/h2-9,11-12,21H,10,13H2,1H3,(H2,24,27). The van der Waals surface area contributed by atoms with Gasteiger partial charge in [0.25, 0.3) is 0 Å². The number of rotatable bonds is 5. The van der Waals surface area contributed by atoms with E-state index < -0.39 is 28.2 Å². The highest BCUT2D eigenvalue weighted by Crippen LogP contribution is 2.38. The lowest BCUT2D eigenvalue weighted by Gasteiger charge is -2.35. The van der Waals surface area contributed by atoms with Gasteiger partial charge in [0, 0.05) is 24.5 Å². The van der Waals surface area contributed by atoms with Gasteiger partial charge in [0.1, 0.15) is 17.3 Å². The minimum Gasteiger partial charge on any atom is -0.457 e. The third kappa shape index (κ3) is 4.14. The van der Waals surface area contributed by atoms with Crippen molar-refractivity contribution in [2.75, 3.05) is 6.54 Å². The first kappa shape index (κ1) is 21.7. The Morgan fingerprint density at radius 2 is 1.75 bits per heavy atom. The molecule has 0 saturated carbocycles. The number of primary amides is 1. The SMILES string of the molecule is Cc1ccc(F)c2c1CCN(S(=O)(=O)c1ccc(Oc3ccncc3)cc1)C2OC(N)=O. The molecule has 0 fully saturated rings. The number of aryl methyl sites for hydroxylation is 1. The van der Waals surface area contributed by atoms with E-state index in [9.17, 15) is 17.6 Å². The fraction of sp³-hybridized carbons (Fsp3) is 0.182. The van der Waals surface area contributed by atoms with Crippen LogP contribution in [0.4, 0.5) is 9.18 Å². The van der Waals surface area contributed by atoms with Crippen LogP contribution in [0.25, 0.3) is 0 Å². The zero-order valence-electron chi connectivity index (χ0n) is 17.1. The van der Waals surface area contributed by atoms with Crippen LogP contribution >= 0.6 is 0 Å². The number of hydrogen-bond donors (Lipinski definition) is 1. The maximum atomic E-state index is 14.7. The first-order chi connectivity index (χ1) is 15.3. The topological polar surface area (TPSA) is 112 Å². The number of pyridine rings is 1. The number of amides is 1. The average molecular weight is 457 g/mol. The van der Waals surface area contributed by atoms with Gasteiger partial charge in [0.15, 0.2) is 6.23 Å². The van der Waals surface area contributed by atoms with Crippen LogP contribution < -0.4 is 10.5 Å². The number of sulfonamides is 1. The molecule has 8 nitrogen and oxygen atoms in total. The van der Waals surface area contributed by atoms with Crippen molar-refractivity contribution in [2.24, 2.45) is 5.73 Å². The summed E-state index contributed by atoms with van der Waals surface area (Å²) in [6, 6.07) is 11.9. The largest absolute Gasteiger partial charge is 0.457 e. The number of fused-ring (bicyclic) bond motifs is 1. The molecular weight excluding hydrogens is 437 g/mol. The summed E-state index contributed by atoms with van der Waals surface area (Å²) in [5, 5.41) is 0. The summed E-state index contributed by atoms with van der Waals surface area (Å²) in [6.07, 6.45) is 0.698. The van der Waals surface area contributed by atoms with Gasteiger partial charge < -0.3 is 15.2 Å². The molecule has 1 aliphatic rings. The minimum absolute atomic E-state index is 0.00346. The molecule has 1 unspecified atom stereocenters. The molecule has 2 heterocycles. The number of ether oxygens (including phenoxy) is 2. The monoisotopic (exact) mass is 457 g/mol. The quantitative estimate of drug-likeness (QED) is 0.626. The van der Waals surface area contributed by atoms with Gasteiger partial charge in [0.05, 0.1) is 4.90 Å². The van der Waals surface area contributed by atoms with Gasteiger partial charge in [0.2, 0.25) is 10.0 Å². The highest BCUT2D eigenvalue weighted by atomic mass is 32.2. The lowest BCUT2D eigenvalue weighted by Crippen LogP contribution is -2.43. The lowest BCUT2D eigenvalue weighted by molar-refractivity contribution is 0.0268. The number of hydrogen-bond acceptors (Lipinski definition) is 6. The van der Waals surface area contributed by atoms with Crippen molar-refractivity contribution >= 4 is 16.1 Å². The third-order valence-electron chi connectivity index (χ3n) is 5.17. The summed E-state index contributed by atoms with van der Waals surface area (Å²) in [5.41, 5.74) is 6.55. The molecule has 0 bridgehead atoms. The Balaban J connectivity index is 1.67. The smallest absolute Gasteiger partial charge is 0.406 e. The summed E-state index contributed by atoms with van der Waals surface area (Å²) in [4.78, 5) is 15.4. The molecule has 0 aliphatic carbocycles. The summed E-state index contributed by atoms with van der Waals surface area (Å²) in [6.45, 7) is 1.78. The normalized spacial score (nSPS) is 16.2. The van der Waals surface area contributed by atoms with Crippen LogP contribution in [0.5, 0.6) is 11.5 Å². The van der Waals surface area contributed by atoms with Crippen molar-refractivity contribution in [3.63, 3.8) is 0 Å². The molecule has 1 amide bonds. The molecular formula is C22H20FN3O5S. The van der Waals surface area contributed by atoms with Crippen molar-refractivity contribution < 1.29 is 27.1 Å². The molecule has 0 saturated heterocycles. The van der Waals surface area contributed by atoms with E-state index in [0.717, 1.165) is 9.87 Å². The molecule has 1 aromatic heterocycles. The maximum Gasteiger partial charge on any atom is 0.406 e. The third-order valence-corrected chi connectivity index (χ3v) is 7.03. The molecule has 3 aromatic rings. The van der Waals surface area contributed by atoms with Gasteiger partial charge >= 0.3 is 6.09 Å². The van der Waals surface area contributed by atoms with Crippen molar-refractivity contribution in [2.45, 2.75) is 24.5 Å². The first-order valence-corrected chi connectivity index (χ1v) is 11.1. The second-order valence-corrected chi connectivity index (χ2v) is 9.06. The molecule has 0 radical (unpaired) electrons. The highest BCUT2D eigenvalue weighted by Gasteiger charge is 2.41. The maximum absolute atomic E-state index is 14.7. The molecule has 2 aromatic carbocycles. The average Bonchev–Trinajstić information content (AvgIpc) is 2.77. The summed E-state index contributed by atoms with van der Waals surface area (Å²) in [5.74, 6) is 0.299. The van der Waals surface area contributed by atoms with Crippen molar-refractivity contribution in [3.05, 3.63) is 83.4 Å².